The zero-order valence-corrected chi connectivity index (χ0v) is 12.6. The van der Waals surface area contributed by atoms with Gasteiger partial charge in [0.1, 0.15) is 12.2 Å². The average molecular weight is 297 g/mol. The van der Waals surface area contributed by atoms with Crippen molar-refractivity contribution in [2.45, 2.75) is 32.1 Å². The van der Waals surface area contributed by atoms with E-state index in [-0.39, 0.29) is 5.91 Å². The highest BCUT2D eigenvalue weighted by Crippen LogP contribution is 2.38. The number of hydrogen-bond donors (Lipinski definition) is 2. The third-order valence-electron chi connectivity index (χ3n) is 4.23. The van der Waals surface area contributed by atoms with E-state index in [1.165, 1.54) is 0 Å². The lowest BCUT2D eigenvalue weighted by atomic mass is 9.89. The number of carbonyl (C=O) groups is 1. The van der Waals surface area contributed by atoms with E-state index in [4.69, 9.17) is 0 Å². The number of nitrogens with zero attached hydrogens (tertiary/aromatic N) is 1. The van der Waals surface area contributed by atoms with Crippen LogP contribution >= 0.6 is 0 Å². The highest BCUT2D eigenvalue weighted by atomic mass is 16.3. The summed E-state index contributed by atoms with van der Waals surface area (Å²) in [7, 11) is 0. The number of rotatable bonds is 1. The summed E-state index contributed by atoms with van der Waals surface area (Å²) in [5.74, 6) is -0.177. The normalized spacial score (nSPS) is 24.0. The van der Waals surface area contributed by atoms with E-state index >= 15 is 0 Å². The maximum absolute atomic E-state index is 12.8. The maximum Gasteiger partial charge on any atom is 0.258 e. The van der Waals surface area contributed by atoms with Gasteiger partial charge < -0.3 is 15.1 Å². The predicted octanol–water partition coefficient (Wildman–Crippen LogP) is 2.44. The zero-order chi connectivity index (χ0) is 15.9. The Hall–Kier alpha value is -2.17. The molecule has 0 saturated heterocycles. The van der Waals surface area contributed by atoms with Crippen LogP contribution in [0.4, 0.5) is 5.69 Å². The van der Waals surface area contributed by atoms with Gasteiger partial charge in [0.2, 0.25) is 0 Å². The number of aliphatic hydroxyl groups excluding tert-OH is 2. The van der Waals surface area contributed by atoms with Crippen molar-refractivity contribution >= 4 is 11.6 Å². The van der Waals surface area contributed by atoms with Gasteiger partial charge in [-0.25, -0.2) is 0 Å². The summed E-state index contributed by atoms with van der Waals surface area (Å²) < 4.78 is 0. The van der Waals surface area contributed by atoms with Crippen molar-refractivity contribution < 1.29 is 15.0 Å². The lowest BCUT2D eigenvalue weighted by Gasteiger charge is -2.41. The molecular weight excluding hydrogens is 278 g/mol. The third-order valence-corrected chi connectivity index (χ3v) is 4.23. The molecule has 4 heteroatoms. The van der Waals surface area contributed by atoms with Gasteiger partial charge in [-0.05, 0) is 32.0 Å². The van der Waals surface area contributed by atoms with Gasteiger partial charge in [0.25, 0.3) is 5.91 Å². The summed E-state index contributed by atoms with van der Waals surface area (Å²) in [4.78, 5) is 14.4. The van der Waals surface area contributed by atoms with Crippen molar-refractivity contribution in [1.82, 2.24) is 0 Å². The molecule has 1 amide bonds. The van der Waals surface area contributed by atoms with E-state index in [0.717, 1.165) is 5.56 Å². The molecule has 3 unspecified atom stereocenters. The quantitative estimate of drug-likeness (QED) is 0.850. The molecule has 1 aliphatic rings. The molecule has 114 valence electrons. The molecule has 0 aliphatic carbocycles. The molecule has 2 aromatic carbocycles. The Morgan fingerprint density at radius 2 is 1.77 bits per heavy atom. The Morgan fingerprint density at radius 3 is 2.45 bits per heavy atom. The van der Waals surface area contributed by atoms with E-state index in [9.17, 15) is 15.0 Å². The zero-order valence-electron chi connectivity index (χ0n) is 12.6. The fraction of sp³-hybridized carbons (Fsp3) is 0.278. The molecule has 1 aliphatic heterocycles. The summed E-state index contributed by atoms with van der Waals surface area (Å²) in [5, 5.41) is 20.6. The number of aryl methyl sites for hydroxylation is 1. The monoisotopic (exact) mass is 297 g/mol. The van der Waals surface area contributed by atoms with Crippen LogP contribution in [0.1, 0.15) is 34.5 Å². The second kappa shape index (κ2) is 5.55. The first-order chi connectivity index (χ1) is 10.5. The molecule has 0 spiro atoms. The Kier molecular flexibility index (Phi) is 3.72. The molecule has 0 bridgehead atoms. The minimum atomic E-state index is -1.01. The van der Waals surface area contributed by atoms with Crippen molar-refractivity contribution in [1.29, 1.82) is 0 Å². The smallest absolute Gasteiger partial charge is 0.258 e. The number of anilines is 1. The van der Waals surface area contributed by atoms with Gasteiger partial charge in [-0.15, -0.1) is 0 Å². The van der Waals surface area contributed by atoms with Crippen molar-refractivity contribution in [2.24, 2.45) is 0 Å². The van der Waals surface area contributed by atoms with E-state index < -0.39 is 18.2 Å². The lowest BCUT2D eigenvalue weighted by molar-refractivity contribution is -0.00107. The van der Waals surface area contributed by atoms with Crippen LogP contribution in [0.3, 0.4) is 0 Å². The van der Waals surface area contributed by atoms with Gasteiger partial charge >= 0.3 is 0 Å². The van der Waals surface area contributed by atoms with Gasteiger partial charge in [0, 0.05) is 11.1 Å². The molecule has 3 atom stereocenters. The summed E-state index contributed by atoms with van der Waals surface area (Å²) >= 11 is 0. The maximum atomic E-state index is 12.8. The fourth-order valence-corrected chi connectivity index (χ4v) is 2.96. The van der Waals surface area contributed by atoms with Crippen molar-refractivity contribution in [3.8, 4) is 0 Å². The number of amides is 1. The molecule has 2 aromatic rings. The van der Waals surface area contributed by atoms with E-state index in [1.807, 2.05) is 43.3 Å². The molecule has 1 heterocycles. The number of hydrogen-bond acceptors (Lipinski definition) is 3. The number of aliphatic hydroxyl groups is 2. The van der Waals surface area contributed by atoms with Gasteiger partial charge in [-0.1, -0.05) is 35.9 Å². The van der Waals surface area contributed by atoms with Crippen molar-refractivity contribution in [2.75, 3.05) is 4.90 Å². The molecule has 0 fully saturated rings. The van der Waals surface area contributed by atoms with Gasteiger partial charge in [-0.2, -0.15) is 0 Å². The molecule has 3 rings (SSSR count). The summed E-state index contributed by atoms with van der Waals surface area (Å²) in [5.41, 5.74) is 2.79. The highest BCUT2D eigenvalue weighted by Gasteiger charge is 2.39. The van der Waals surface area contributed by atoms with Crippen LogP contribution < -0.4 is 4.90 Å². The fourth-order valence-electron chi connectivity index (χ4n) is 2.96. The first kappa shape index (κ1) is 14.8. The standard InChI is InChI=1S/C18H19NO3/c1-11-8-9-15-14(10-11)17(21)16(20)12(2)19(15)18(22)13-6-4-3-5-7-13/h3-10,12,16-17,20-21H,1-2H3. The number of carbonyl (C=O) groups excluding carboxylic acids is 1. The van der Waals surface area contributed by atoms with E-state index in [2.05, 4.69) is 0 Å². The van der Waals surface area contributed by atoms with Gasteiger partial charge in [-0.3, -0.25) is 4.79 Å². The topological polar surface area (TPSA) is 60.8 Å². The number of fused-ring (bicyclic) bond motifs is 1. The second-order valence-corrected chi connectivity index (χ2v) is 5.78. The summed E-state index contributed by atoms with van der Waals surface area (Å²) in [6, 6.07) is 14.0. The Balaban J connectivity index is 2.11. The van der Waals surface area contributed by atoms with Gasteiger partial charge in [0.15, 0.2) is 0 Å². The Labute approximate surface area is 129 Å². The van der Waals surface area contributed by atoms with Crippen molar-refractivity contribution in [3.05, 3.63) is 65.2 Å². The lowest BCUT2D eigenvalue weighted by Crippen LogP contribution is -2.51. The predicted molar refractivity (Wildman–Crippen MR) is 84.9 cm³/mol. The summed E-state index contributed by atoms with van der Waals surface area (Å²) in [6.45, 7) is 3.66. The molecular formula is C18H19NO3. The molecule has 0 saturated carbocycles. The second-order valence-electron chi connectivity index (χ2n) is 5.78. The van der Waals surface area contributed by atoms with Crippen LogP contribution in [0.15, 0.2) is 48.5 Å². The molecule has 22 heavy (non-hydrogen) atoms. The molecule has 0 aromatic heterocycles. The van der Waals surface area contributed by atoms with Crippen LogP contribution in [0.2, 0.25) is 0 Å². The first-order valence-electron chi connectivity index (χ1n) is 7.36. The van der Waals surface area contributed by atoms with E-state index in [1.54, 1.807) is 24.0 Å². The Bertz CT molecular complexity index is 699. The molecule has 2 N–H and O–H groups in total. The molecule has 4 nitrogen and oxygen atoms in total. The highest BCUT2D eigenvalue weighted by molar-refractivity contribution is 6.07. The molecule has 0 radical (unpaired) electrons. The minimum Gasteiger partial charge on any atom is -0.388 e. The third kappa shape index (κ3) is 2.30. The van der Waals surface area contributed by atoms with Crippen LogP contribution in [0, 0.1) is 6.92 Å². The SMILES string of the molecule is Cc1ccc2c(c1)C(O)C(O)C(C)N2C(=O)c1ccccc1. The summed E-state index contributed by atoms with van der Waals surface area (Å²) in [6.07, 6.45) is -1.99. The Morgan fingerprint density at radius 1 is 1.09 bits per heavy atom. The van der Waals surface area contributed by atoms with Gasteiger partial charge in [0.05, 0.1) is 11.7 Å². The largest absolute Gasteiger partial charge is 0.388 e. The minimum absolute atomic E-state index is 0.177. The van der Waals surface area contributed by atoms with Crippen LogP contribution in [-0.2, 0) is 0 Å². The van der Waals surface area contributed by atoms with E-state index in [0.29, 0.717) is 16.8 Å². The van der Waals surface area contributed by atoms with Crippen LogP contribution in [-0.4, -0.2) is 28.3 Å². The number of benzene rings is 2. The van der Waals surface area contributed by atoms with Crippen LogP contribution in [0.25, 0.3) is 0 Å². The van der Waals surface area contributed by atoms with Crippen molar-refractivity contribution in [3.63, 3.8) is 0 Å². The van der Waals surface area contributed by atoms with Crippen LogP contribution in [0.5, 0.6) is 0 Å². The average Bonchev–Trinajstić information content (AvgIpc) is 2.54. The first-order valence-corrected chi connectivity index (χ1v) is 7.36.